The highest BCUT2D eigenvalue weighted by atomic mass is 16.4. The maximum Gasteiger partial charge on any atom is 0.414 e. The zero-order chi connectivity index (χ0) is 21.3. The summed E-state index contributed by atoms with van der Waals surface area (Å²) in [6.45, 7) is 6.25. The number of fused-ring (bicyclic) bond motifs is 1. The molecule has 0 spiro atoms. The number of carbonyl (C=O) groups excluding carboxylic acids is 1. The smallest absolute Gasteiger partial charge is 0.414 e. The third-order valence-corrected chi connectivity index (χ3v) is 3.88. The Labute approximate surface area is 163 Å². The molecular weight excluding hydrogens is 364 g/mol. The number of likely N-dealkylation sites (N-methyl/N-ethyl adjacent to an activating group) is 1. The summed E-state index contributed by atoms with van der Waals surface area (Å²) in [5.74, 6) is -2.81. The fourth-order valence-electron chi connectivity index (χ4n) is 2.33. The number of nitrogens with zero attached hydrogens (tertiary/aromatic N) is 3. The van der Waals surface area contributed by atoms with E-state index in [2.05, 4.69) is 29.0 Å². The SMILES string of the molecule is CCN(CC)CC(=O)Nc1cc(N(C)C)nc2ccccc12.O=C(O)C(=O)O. The molecule has 3 N–H and O–H groups in total. The van der Waals surface area contributed by atoms with Crippen molar-refractivity contribution in [2.45, 2.75) is 13.8 Å². The average molecular weight is 390 g/mol. The predicted molar refractivity (Wildman–Crippen MR) is 108 cm³/mol. The van der Waals surface area contributed by atoms with Gasteiger partial charge in [0.1, 0.15) is 5.82 Å². The van der Waals surface area contributed by atoms with Gasteiger partial charge in [-0.05, 0) is 19.2 Å². The fraction of sp³-hybridized carbons (Fsp3) is 0.368. The van der Waals surface area contributed by atoms with Crippen LogP contribution in [0.1, 0.15) is 13.8 Å². The molecular formula is C19H26N4O5. The standard InChI is InChI=1S/C17H24N4O.C2H2O4/c1-5-21(6-2)12-17(22)19-15-11-16(20(3)4)18-14-10-8-7-9-13(14)15;3-1(4)2(5)6/h7-11H,5-6,12H2,1-4H3,(H,18,19,22);(H,3,4)(H,5,6). The Morgan fingerprint density at radius 1 is 1.04 bits per heavy atom. The average Bonchev–Trinajstić information content (AvgIpc) is 2.66. The van der Waals surface area contributed by atoms with Gasteiger partial charge >= 0.3 is 11.9 Å². The highest BCUT2D eigenvalue weighted by molar-refractivity contribution is 6.27. The minimum Gasteiger partial charge on any atom is -0.473 e. The van der Waals surface area contributed by atoms with E-state index >= 15 is 0 Å². The number of aliphatic carboxylic acids is 2. The molecule has 28 heavy (non-hydrogen) atoms. The van der Waals surface area contributed by atoms with Crippen molar-refractivity contribution in [3.8, 4) is 0 Å². The maximum atomic E-state index is 12.3. The van der Waals surface area contributed by atoms with Gasteiger partial charge < -0.3 is 20.4 Å². The first-order valence-corrected chi connectivity index (χ1v) is 8.75. The van der Waals surface area contributed by atoms with Crippen LogP contribution in [0.15, 0.2) is 30.3 Å². The summed E-state index contributed by atoms with van der Waals surface area (Å²) in [4.78, 5) is 39.1. The summed E-state index contributed by atoms with van der Waals surface area (Å²) in [5, 5.41) is 18.8. The molecule has 0 aliphatic rings. The first kappa shape index (κ1) is 22.8. The van der Waals surface area contributed by atoms with Crippen LogP contribution in [-0.4, -0.2) is 71.7 Å². The number of nitrogens with one attached hydrogen (secondary N) is 1. The molecule has 0 saturated heterocycles. The third-order valence-electron chi connectivity index (χ3n) is 3.88. The van der Waals surface area contributed by atoms with E-state index in [9.17, 15) is 4.79 Å². The largest absolute Gasteiger partial charge is 0.473 e. The van der Waals surface area contributed by atoms with Crippen LogP contribution in [0.25, 0.3) is 10.9 Å². The molecule has 0 bridgehead atoms. The van der Waals surface area contributed by atoms with Gasteiger partial charge in [-0.2, -0.15) is 0 Å². The number of carboxylic acid groups (broad SMARTS) is 2. The lowest BCUT2D eigenvalue weighted by Gasteiger charge is -2.19. The first-order valence-electron chi connectivity index (χ1n) is 8.75. The van der Waals surface area contributed by atoms with Crippen LogP contribution in [-0.2, 0) is 14.4 Å². The fourth-order valence-corrected chi connectivity index (χ4v) is 2.33. The molecule has 0 saturated carbocycles. The number of amides is 1. The van der Waals surface area contributed by atoms with Crippen molar-refractivity contribution >= 4 is 40.3 Å². The summed E-state index contributed by atoms with van der Waals surface area (Å²) in [7, 11) is 3.89. The number of rotatable bonds is 6. The van der Waals surface area contributed by atoms with Crippen molar-refractivity contribution in [2.75, 3.05) is 43.9 Å². The number of pyridine rings is 1. The number of hydrogen-bond acceptors (Lipinski definition) is 6. The van der Waals surface area contributed by atoms with Crippen LogP contribution >= 0.6 is 0 Å². The number of benzene rings is 1. The molecule has 0 radical (unpaired) electrons. The molecule has 1 aromatic heterocycles. The van der Waals surface area contributed by atoms with Crippen LogP contribution in [0.5, 0.6) is 0 Å². The Bertz CT molecular complexity index is 822. The van der Waals surface area contributed by atoms with Gasteiger partial charge in [0.05, 0.1) is 17.7 Å². The molecule has 2 rings (SSSR count). The van der Waals surface area contributed by atoms with Crippen LogP contribution in [0, 0.1) is 0 Å². The molecule has 0 aliphatic carbocycles. The van der Waals surface area contributed by atoms with Gasteiger partial charge in [0.2, 0.25) is 5.91 Å². The van der Waals surface area contributed by atoms with E-state index in [1.165, 1.54) is 0 Å². The molecule has 0 unspecified atom stereocenters. The van der Waals surface area contributed by atoms with Gasteiger partial charge in [0.25, 0.3) is 0 Å². The molecule has 1 aromatic carbocycles. The van der Waals surface area contributed by atoms with Gasteiger partial charge in [-0.3, -0.25) is 9.69 Å². The topological polar surface area (TPSA) is 123 Å². The quantitative estimate of drug-likeness (QED) is 0.637. The Morgan fingerprint density at radius 2 is 1.61 bits per heavy atom. The molecule has 0 aliphatic heterocycles. The van der Waals surface area contributed by atoms with Gasteiger partial charge in [-0.1, -0.05) is 32.0 Å². The van der Waals surface area contributed by atoms with Gasteiger partial charge in [0, 0.05) is 25.5 Å². The zero-order valence-corrected chi connectivity index (χ0v) is 16.5. The lowest BCUT2D eigenvalue weighted by atomic mass is 10.1. The van der Waals surface area contributed by atoms with Crippen molar-refractivity contribution in [1.82, 2.24) is 9.88 Å². The van der Waals surface area contributed by atoms with Crippen molar-refractivity contribution < 1.29 is 24.6 Å². The summed E-state index contributed by atoms with van der Waals surface area (Å²) < 4.78 is 0. The Kier molecular flexibility index (Phi) is 8.83. The lowest BCUT2D eigenvalue weighted by molar-refractivity contribution is -0.159. The molecule has 0 atom stereocenters. The molecule has 9 nitrogen and oxygen atoms in total. The predicted octanol–water partition coefficient (Wildman–Crippen LogP) is 1.74. The second-order valence-electron chi connectivity index (χ2n) is 6.06. The minimum atomic E-state index is -1.82. The van der Waals surface area contributed by atoms with Gasteiger partial charge in [0.15, 0.2) is 0 Å². The van der Waals surface area contributed by atoms with E-state index in [4.69, 9.17) is 19.8 Å². The van der Waals surface area contributed by atoms with E-state index < -0.39 is 11.9 Å². The molecule has 152 valence electrons. The van der Waals surface area contributed by atoms with Crippen LogP contribution in [0.2, 0.25) is 0 Å². The third kappa shape index (κ3) is 6.84. The van der Waals surface area contributed by atoms with E-state index in [0.29, 0.717) is 6.54 Å². The number of carbonyl (C=O) groups is 3. The van der Waals surface area contributed by atoms with E-state index in [0.717, 1.165) is 35.5 Å². The zero-order valence-electron chi connectivity index (χ0n) is 16.5. The van der Waals surface area contributed by atoms with Crippen molar-refractivity contribution in [3.05, 3.63) is 30.3 Å². The highest BCUT2D eigenvalue weighted by Crippen LogP contribution is 2.26. The van der Waals surface area contributed by atoms with Crippen LogP contribution < -0.4 is 10.2 Å². The first-order chi connectivity index (χ1) is 13.2. The summed E-state index contributed by atoms with van der Waals surface area (Å²) in [5.41, 5.74) is 1.69. The molecule has 0 fully saturated rings. The second-order valence-corrected chi connectivity index (χ2v) is 6.06. The molecule has 1 amide bonds. The van der Waals surface area contributed by atoms with Crippen LogP contribution in [0.4, 0.5) is 11.5 Å². The normalized spacial score (nSPS) is 10.2. The molecule has 2 aromatic rings. The van der Waals surface area contributed by atoms with Crippen LogP contribution in [0.3, 0.4) is 0 Å². The Morgan fingerprint density at radius 3 is 2.11 bits per heavy atom. The maximum absolute atomic E-state index is 12.3. The van der Waals surface area contributed by atoms with E-state index in [1.54, 1.807) is 0 Å². The van der Waals surface area contributed by atoms with E-state index in [1.807, 2.05) is 49.3 Å². The van der Waals surface area contributed by atoms with Gasteiger partial charge in [-0.25, -0.2) is 14.6 Å². The molecule has 1 heterocycles. The minimum absolute atomic E-state index is 0.00441. The van der Waals surface area contributed by atoms with Crippen molar-refractivity contribution in [2.24, 2.45) is 0 Å². The lowest BCUT2D eigenvalue weighted by Crippen LogP contribution is -2.33. The van der Waals surface area contributed by atoms with Crippen molar-refractivity contribution in [3.63, 3.8) is 0 Å². The number of aromatic nitrogens is 1. The van der Waals surface area contributed by atoms with Gasteiger partial charge in [-0.15, -0.1) is 0 Å². The number of anilines is 2. The summed E-state index contributed by atoms with van der Waals surface area (Å²) >= 11 is 0. The Hall–Kier alpha value is -3.20. The highest BCUT2D eigenvalue weighted by Gasteiger charge is 2.12. The summed E-state index contributed by atoms with van der Waals surface area (Å²) in [6.07, 6.45) is 0. The number of carboxylic acids is 2. The Balaban J connectivity index is 0.000000568. The van der Waals surface area contributed by atoms with Crippen molar-refractivity contribution in [1.29, 1.82) is 0 Å². The van der Waals surface area contributed by atoms with E-state index in [-0.39, 0.29) is 5.91 Å². The summed E-state index contributed by atoms with van der Waals surface area (Å²) in [6, 6.07) is 9.77. The monoisotopic (exact) mass is 390 g/mol. The second kappa shape index (κ2) is 10.8. The number of hydrogen-bond donors (Lipinski definition) is 3. The molecule has 9 heteroatoms. The number of para-hydroxylation sites is 1.